The summed E-state index contributed by atoms with van der Waals surface area (Å²) in [6.07, 6.45) is 0. The van der Waals surface area contributed by atoms with E-state index < -0.39 is 0 Å². The van der Waals surface area contributed by atoms with Crippen LogP contribution in [-0.2, 0) is 0 Å². The number of ether oxygens (including phenoxy) is 1. The predicted molar refractivity (Wildman–Crippen MR) is 165 cm³/mol. The smallest absolute Gasteiger partial charge is 0.143 e. The van der Waals surface area contributed by atoms with Gasteiger partial charge in [-0.05, 0) is 56.6 Å². The van der Waals surface area contributed by atoms with Crippen LogP contribution in [0.2, 0.25) is 0 Å². The molecular formula is C38H22O2. The molecule has 0 spiro atoms. The molecule has 0 fully saturated rings. The molecule has 0 aliphatic carbocycles. The van der Waals surface area contributed by atoms with Crippen LogP contribution < -0.4 is 4.74 Å². The molecule has 0 N–H and O–H groups in total. The van der Waals surface area contributed by atoms with Gasteiger partial charge < -0.3 is 9.15 Å². The van der Waals surface area contributed by atoms with E-state index in [-0.39, 0.29) is 0 Å². The molecule has 7 aromatic carbocycles. The van der Waals surface area contributed by atoms with Crippen molar-refractivity contribution in [3.63, 3.8) is 0 Å². The highest BCUT2D eigenvalue weighted by atomic mass is 16.5. The number of fused-ring (bicyclic) bond motifs is 6. The maximum absolute atomic E-state index is 6.42. The molecule has 0 radical (unpaired) electrons. The third kappa shape index (κ3) is 2.93. The van der Waals surface area contributed by atoms with Crippen molar-refractivity contribution in [3.8, 4) is 44.9 Å². The Morgan fingerprint density at radius 3 is 1.75 bits per heavy atom. The van der Waals surface area contributed by atoms with E-state index in [4.69, 9.17) is 9.15 Å². The number of hydrogen-bond donors (Lipinski definition) is 0. The third-order valence-electron chi connectivity index (χ3n) is 8.31. The zero-order valence-corrected chi connectivity index (χ0v) is 21.5. The lowest BCUT2D eigenvalue weighted by Crippen LogP contribution is -1.97. The Balaban J connectivity index is 1.30. The maximum atomic E-state index is 6.42. The quantitative estimate of drug-likeness (QED) is 0.231. The monoisotopic (exact) mass is 510 g/mol. The van der Waals surface area contributed by atoms with Crippen molar-refractivity contribution < 1.29 is 9.15 Å². The summed E-state index contributed by atoms with van der Waals surface area (Å²) < 4.78 is 12.8. The van der Waals surface area contributed by atoms with E-state index in [0.717, 1.165) is 44.6 Å². The number of hydrogen-bond acceptors (Lipinski definition) is 2. The van der Waals surface area contributed by atoms with E-state index in [1.807, 2.05) is 24.3 Å². The minimum atomic E-state index is 0.907. The summed E-state index contributed by atoms with van der Waals surface area (Å²) in [5, 5.41) is 7.07. The van der Waals surface area contributed by atoms with Gasteiger partial charge in [-0.3, -0.25) is 0 Å². The van der Waals surface area contributed by atoms with Crippen LogP contribution in [0.3, 0.4) is 0 Å². The lowest BCUT2D eigenvalue weighted by molar-refractivity contribution is 0.487. The Kier molecular flexibility index (Phi) is 4.36. The van der Waals surface area contributed by atoms with Crippen LogP contribution in [0, 0.1) is 0 Å². The molecule has 0 amide bonds. The minimum Gasteiger partial charge on any atom is -0.456 e. The van der Waals surface area contributed by atoms with Gasteiger partial charge in [0.25, 0.3) is 0 Å². The van der Waals surface area contributed by atoms with E-state index in [1.165, 1.54) is 43.8 Å². The van der Waals surface area contributed by atoms with Crippen molar-refractivity contribution in [2.24, 2.45) is 0 Å². The molecule has 186 valence electrons. The zero-order chi connectivity index (χ0) is 26.2. The molecule has 2 nitrogen and oxygen atoms in total. The molecule has 1 aliphatic heterocycles. The van der Waals surface area contributed by atoms with Gasteiger partial charge in [0.15, 0.2) is 0 Å². The van der Waals surface area contributed by atoms with Crippen LogP contribution in [0.5, 0.6) is 11.5 Å². The van der Waals surface area contributed by atoms with Crippen LogP contribution in [0.4, 0.5) is 0 Å². The van der Waals surface area contributed by atoms with Gasteiger partial charge in [-0.15, -0.1) is 0 Å². The number of furan rings is 1. The Labute approximate surface area is 230 Å². The van der Waals surface area contributed by atoms with Crippen molar-refractivity contribution in [3.05, 3.63) is 133 Å². The van der Waals surface area contributed by atoms with Crippen molar-refractivity contribution in [2.75, 3.05) is 0 Å². The van der Waals surface area contributed by atoms with Gasteiger partial charge >= 0.3 is 0 Å². The van der Waals surface area contributed by atoms with Gasteiger partial charge in [-0.2, -0.15) is 0 Å². The van der Waals surface area contributed by atoms with Crippen LogP contribution in [0.15, 0.2) is 138 Å². The van der Waals surface area contributed by atoms with Crippen LogP contribution in [-0.4, -0.2) is 0 Å². The zero-order valence-electron chi connectivity index (χ0n) is 21.5. The Morgan fingerprint density at radius 2 is 0.900 bits per heavy atom. The second-order valence-corrected chi connectivity index (χ2v) is 10.4. The van der Waals surface area contributed by atoms with E-state index in [9.17, 15) is 0 Å². The fraction of sp³-hybridized carbons (Fsp3) is 0. The fourth-order valence-corrected chi connectivity index (χ4v) is 6.54. The molecule has 0 atom stereocenters. The van der Waals surface area contributed by atoms with Crippen molar-refractivity contribution in [1.82, 2.24) is 0 Å². The molecule has 0 bridgehead atoms. The molecule has 9 rings (SSSR count). The average Bonchev–Trinajstić information content (AvgIpc) is 3.40. The first kappa shape index (κ1) is 21.6. The molecule has 40 heavy (non-hydrogen) atoms. The maximum Gasteiger partial charge on any atom is 0.143 e. The summed E-state index contributed by atoms with van der Waals surface area (Å²) >= 11 is 0. The molecule has 2 heteroatoms. The number of rotatable bonds is 2. The minimum absolute atomic E-state index is 0.907. The normalized spacial score (nSPS) is 12.2. The molecule has 0 saturated carbocycles. The lowest BCUT2D eigenvalue weighted by Gasteiger charge is -2.23. The molecule has 0 saturated heterocycles. The molecule has 1 aliphatic rings. The van der Waals surface area contributed by atoms with Crippen molar-refractivity contribution in [2.45, 2.75) is 0 Å². The number of benzene rings is 7. The third-order valence-corrected chi connectivity index (χ3v) is 8.31. The van der Waals surface area contributed by atoms with Crippen LogP contribution in [0.25, 0.3) is 76.9 Å². The van der Waals surface area contributed by atoms with Gasteiger partial charge in [0.05, 0.1) is 0 Å². The second kappa shape index (κ2) is 8.08. The molecule has 0 unspecified atom stereocenters. The summed E-state index contributed by atoms with van der Waals surface area (Å²) in [5.74, 6) is 1.82. The van der Waals surface area contributed by atoms with Gasteiger partial charge in [0.2, 0.25) is 0 Å². The first-order valence-electron chi connectivity index (χ1n) is 13.6. The summed E-state index contributed by atoms with van der Waals surface area (Å²) in [6, 6.07) is 47.1. The molecule has 2 heterocycles. The lowest BCUT2D eigenvalue weighted by atomic mass is 9.87. The SMILES string of the molecule is c1ccc2c(c1)Oc1ccc(-c3ccc(-c4cccc5c4oc4ccccc45)c4ccccc34)c3cccc-2c13. The Morgan fingerprint density at radius 1 is 0.325 bits per heavy atom. The predicted octanol–water partition coefficient (Wildman–Crippen LogP) is 11.0. The largest absolute Gasteiger partial charge is 0.456 e. The van der Waals surface area contributed by atoms with Crippen LogP contribution >= 0.6 is 0 Å². The molecular weight excluding hydrogens is 488 g/mol. The van der Waals surface area contributed by atoms with Gasteiger partial charge in [0.1, 0.15) is 22.7 Å². The van der Waals surface area contributed by atoms with Gasteiger partial charge in [-0.25, -0.2) is 0 Å². The van der Waals surface area contributed by atoms with E-state index in [2.05, 4.69) is 109 Å². The van der Waals surface area contributed by atoms with Crippen molar-refractivity contribution in [1.29, 1.82) is 0 Å². The Hall–Kier alpha value is -5.34. The summed E-state index contributed by atoms with van der Waals surface area (Å²) in [5.41, 5.74) is 8.89. The van der Waals surface area contributed by atoms with E-state index in [1.54, 1.807) is 0 Å². The summed E-state index contributed by atoms with van der Waals surface area (Å²) in [7, 11) is 0. The van der Waals surface area contributed by atoms with Crippen LogP contribution in [0.1, 0.15) is 0 Å². The highest BCUT2D eigenvalue weighted by Gasteiger charge is 2.22. The standard InChI is InChI=1S/C38H22O2/c1-2-10-24-23(9-1)25(19-20-27(24)32-15-8-16-33-29-12-4-6-18-35(29)40-38(32)33)26-21-22-36-37-30(26)13-7-14-31(37)28-11-3-5-17-34(28)39-36/h1-22H. The molecule has 8 aromatic rings. The Bertz CT molecular complexity index is 2300. The first-order chi connectivity index (χ1) is 19.8. The summed E-state index contributed by atoms with van der Waals surface area (Å²) in [6.45, 7) is 0. The van der Waals surface area contributed by atoms with Crippen molar-refractivity contribution >= 4 is 43.5 Å². The number of para-hydroxylation sites is 3. The van der Waals surface area contributed by atoms with E-state index >= 15 is 0 Å². The van der Waals surface area contributed by atoms with Gasteiger partial charge in [-0.1, -0.05) is 115 Å². The first-order valence-corrected chi connectivity index (χ1v) is 13.6. The summed E-state index contributed by atoms with van der Waals surface area (Å²) in [4.78, 5) is 0. The topological polar surface area (TPSA) is 22.4 Å². The van der Waals surface area contributed by atoms with E-state index in [0.29, 0.717) is 0 Å². The average molecular weight is 511 g/mol. The van der Waals surface area contributed by atoms with Gasteiger partial charge in [0, 0.05) is 27.3 Å². The highest BCUT2D eigenvalue weighted by molar-refractivity contribution is 6.16. The molecule has 1 aromatic heterocycles. The highest BCUT2D eigenvalue weighted by Crippen LogP contribution is 2.49. The second-order valence-electron chi connectivity index (χ2n) is 10.4. The fourth-order valence-electron chi connectivity index (χ4n) is 6.54.